The van der Waals surface area contributed by atoms with Crippen molar-refractivity contribution in [3.8, 4) is 0 Å². The molecule has 0 amide bonds. The molecule has 0 spiro atoms. The molecule has 0 saturated heterocycles. The number of aliphatic hydroxyl groups excluding tert-OH is 1. The summed E-state index contributed by atoms with van der Waals surface area (Å²) in [6.45, 7) is 4.97. The number of rotatable bonds is 8. The van der Waals surface area contributed by atoms with Gasteiger partial charge in [-0.05, 0) is 42.3 Å². The summed E-state index contributed by atoms with van der Waals surface area (Å²) in [6, 6.07) is 14.3. The average molecular weight is 273 g/mol. The molecule has 0 aliphatic carbocycles. The third kappa shape index (κ3) is 4.30. The first kappa shape index (κ1) is 15.0. The Balaban J connectivity index is 1.83. The molecule has 0 radical (unpaired) electrons. The van der Waals surface area contributed by atoms with Gasteiger partial charge >= 0.3 is 0 Å². The second-order valence-corrected chi connectivity index (χ2v) is 4.88. The van der Waals surface area contributed by atoms with Crippen molar-refractivity contribution in [1.29, 1.82) is 0 Å². The SMILES string of the molecule is CCOCCCNCC(O)c1ccc2ccccc2c1. The minimum atomic E-state index is -0.466. The molecule has 1 unspecified atom stereocenters. The molecular formula is C17H23NO2. The number of fused-ring (bicyclic) bond motifs is 1. The predicted octanol–water partition coefficient (Wildman–Crippen LogP) is 2.89. The van der Waals surface area contributed by atoms with E-state index in [2.05, 4.69) is 29.6 Å². The van der Waals surface area contributed by atoms with E-state index in [1.165, 1.54) is 10.8 Å². The van der Waals surface area contributed by atoms with Crippen molar-refractivity contribution in [2.24, 2.45) is 0 Å². The summed E-state index contributed by atoms with van der Waals surface area (Å²) in [6.07, 6.45) is 0.504. The van der Waals surface area contributed by atoms with Crippen molar-refractivity contribution in [3.05, 3.63) is 48.0 Å². The minimum absolute atomic E-state index is 0.466. The van der Waals surface area contributed by atoms with Crippen LogP contribution in [0.15, 0.2) is 42.5 Å². The van der Waals surface area contributed by atoms with Gasteiger partial charge in [0.1, 0.15) is 0 Å². The topological polar surface area (TPSA) is 41.5 Å². The van der Waals surface area contributed by atoms with Crippen molar-refractivity contribution in [3.63, 3.8) is 0 Å². The van der Waals surface area contributed by atoms with Crippen LogP contribution in [-0.4, -0.2) is 31.4 Å². The zero-order valence-corrected chi connectivity index (χ0v) is 12.0. The molecule has 1 atom stereocenters. The lowest BCUT2D eigenvalue weighted by Crippen LogP contribution is -2.23. The maximum Gasteiger partial charge on any atom is 0.0914 e. The Morgan fingerprint density at radius 3 is 2.75 bits per heavy atom. The molecule has 0 bridgehead atoms. The molecule has 2 N–H and O–H groups in total. The number of nitrogens with one attached hydrogen (secondary N) is 1. The van der Waals surface area contributed by atoms with E-state index >= 15 is 0 Å². The third-order valence-electron chi connectivity index (χ3n) is 3.34. The van der Waals surface area contributed by atoms with Crippen LogP contribution in [0.3, 0.4) is 0 Å². The quantitative estimate of drug-likeness (QED) is 0.727. The summed E-state index contributed by atoms with van der Waals surface area (Å²) in [4.78, 5) is 0. The van der Waals surface area contributed by atoms with Gasteiger partial charge in [-0.3, -0.25) is 0 Å². The van der Waals surface area contributed by atoms with Gasteiger partial charge < -0.3 is 15.2 Å². The maximum absolute atomic E-state index is 10.2. The lowest BCUT2D eigenvalue weighted by molar-refractivity contribution is 0.141. The van der Waals surface area contributed by atoms with Crippen LogP contribution in [0.4, 0.5) is 0 Å². The fraction of sp³-hybridized carbons (Fsp3) is 0.412. The van der Waals surface area contributed by atoms with Crippen LogP contribution in [0.5, 0.6) is 0 Å². The van der Waals surface area contributed by atoms with Gasteiger partial charge in [-0.1, -0.05) is 36.4 Å². The summed E-state index contributed by atoms with van der Waals surface area (Å²) in [5, 5.41) is 15.8. The average Bonchev–Trinajstić information content (AvgIpc) is 2.50. The molecule has 3 heteroatoms. The largest absolute Gasteiger partial charge is 0.387 e. The molecule has 2 rings (SSSR count). The van der Waals surface area contributed by atoms with E-state index in [0.717, 1.165) is 31.7 Å². The van der Waals surface area contributed by atoms with Crippen molar-refractivity contribution < 1.29 is 9.84 Å². The summed E-state index contributed by atoms with van der Waals surface area (Å²) in [7, 11) is 0. The molecular weight excluding hydrogens is 250 g/mol. The lowest BCUT2D eigenvalue weighted by atomic mass is 10.0. The van der Waals surface area contributed by atoms with Crippen LogP contribution >= 0.6 is 0 Å². The highest BCUT2D eigenvalue weighted by molar-refractivity contribution is 5.83. The van der Waals surface area contributed by atoms with E-state index in [4.69, 9.17) is 4.74 Å². The van der Waals surface area contributed by atoms with Gasteiger partial charge in [0.25, 0.3) is 0 Å². The molecule has 2 aromatic carbocycles. The van der Waals surface area contributed by atoms with Gasteiger partial charge in [-0.15, -0.1) is 0 Å². The molecule has 2 aromatic rings. The second kappa shape index (κ2) is 8.00. The first-order valence-electron chi connectivity index (χ1n) is 7.26. The molecule has 0 saturated carbocycles. The van der Waals surface area contributed by atoms with Crippen molar-refractivity contribution >= 4 is 10.8 Å². The van der Waals surface area contributed by atoms with Crippen LogP contribution in [-0.2, 0) is 4.74 Å². The highest BCUT2D eigenvalue weighted by atomic mass is 16.5. The first-order chi connectivity index (χ1) is 9.81. The van der Waals surface area contributed by atoms with Crippen molar-refractivity contribution in [1.82, 2.24) is 5.32 Å². The van der Waals surface area contributed by atoms with Crippen molar-refractivity contribution in [2.75, 3.05) is 26.3 Å². The standard InChI is InChI=1S/C17H23NO2/c1-2-20-11-5-10-18-13-17(19)16-9-8-14-6-3-4-7-15(14)12-16/h3-4,6-9,12,17-19H,2,5,10-11,13H2,1H3. The Kier molecular flexibility index (Phi) is 5.99. The molecule has 0 aromatic heterocycles. The number of aliphatic hydroxyl groups is 1. The summed E-state index contributed by atoms with van der Waals surface area (Å²) in [5.41, 5.74) is 0.959. The smallest absolute Gasteiger partial charge is 0.0914 e. The van der Waals surface area contributed by atoms with E-state index in [1.807, 2.05) is 25.1 Å². The van der Waals surface area contributed by atoms with E-state index in [-0.39, 0.29) is 0 Å². The van der Waals surface area contributed by atoms with Gasteiger partial charge in [0.15, 0.2) is 0 Å². The summed E-state index contributed by atoms with van der Waals surface area (Å²) < 4.78 is 5.27. The molecule has 3 nitrogen and oxygen atoms in total. The van der Waals surface area contributed by atoms with Gasteiger partial charge in [-0.25, -0.2) is 0 Å². The minimum Gasteiger partial charge on any atom is -0.387 e. The second-order valence-electron chi connectivity index (χ2n) is 4.88. The highest BCUT2D eigenvalue weighted by Crippen LogP contribution is 2.19. The maximum atomic E-state index is 10.2. The fourth-order valence-corrected chi connectivity index (χ4v) is 2.22. The van der Waals surface area contributed by atoms with Crippen LogP contribution in [0.25, 0.3) is 10.8 Å². The van der Waals surface area contributed by atoms with Gasteiger partial charge in [0, 0.05) is 19.8 Å². The lowest BCUT2D eigenvalue weighted by Gasteiger charge is -2.13. The Labute approximate surface area is 120 Å². The van der Waals surface area contributed by atoms with E-state index in [9.17, 15) is 5.11 Å². The Morgan fingerprint density at radius 1 is 1.15 bits per heavy atom. The van der Waals surface area contributed by atoms with Gasteiger partial charge in [0.2, 0.25) is 0 Å². The van der Waals surface area contributed by atoms with Gasteiger partial charge in [0.05, 0.1) is 6.10 Å². The Hall–Kier alpha value is -1.42. The fourth-order valence-electron chi connectivity index (χ4n) is 2.22. The molecule has 0 aliphatic rings. The number of hydrogen-bond donors (Lipinski definition) is 2. The third-order valence-corrected chi connectivity index (χ3v) is 3.34. The predicted molar refractivity (Wildman–Crippen MR) is 82.9 cm³/mol. The zero-order valence-electron chi connectivity index (χ0n) is 12.0. The number of benzene rings is 2. The monoisotopic (exact) mass is 273 g/mol. The molecule has 108 valence electrons. The summed E-state index contributed by atoms with van der Waals surface area (Å²) in [5.74, 6) is 0. The Bertz CT molecular complexity index is 527. The number of ether oxygens (including phenoxy) is 1. The zero-order chi connectivity index (χ0) is 14.2. The van der Waals surface area contributed by atoms with Crippen LogP contribution in [0.1, 0.15) is 25.0 Å². The normalized spacial score (nSPS) is 12.7. The van der Waals surface area contributed by atoms with E-state index in [0.29, 0.717) is 6.54 Å². The van der Waals surface area contributed by atoms with Crippen LogP contribution in [0.2, 0.25) is 0 Å². The Morgan fingerprint density at radius 2 is 1.95 bits per heavy atom. The van der Waals surface area contributed by atoms with E-state index < -0.39 is 6.10 Å². The molecule has 0 aliphatic heterocycles. The van der Waals surface area contributed by atoms with Crippen LogP contribution < -0.4 is 5.32 Å². The number of hydrogen-bond acceptors (Lipinski definition) is 3. The molecule has 20 heavy (non-hydrogen) atoms. The van der Waals surface area contributed by atoms with E-state index in [1.54, 1.807) is 0 Å². The molecule has 0 heterocycles. The summed E-state index contributed by atoms with van der Waals surface area (Å²) >= 11 is 0. The van der Waals surface area contributed by atoms with Crippen molar-refractivity contribution in [2.45, 2.75) is 19.4 Å². The highest BCUT2D eigenvalue weighted by Gasteiger charge is 2.07. The first-order valence-corrected chi connectivity index (χ1v) is 7.26. The van der Waals surface area contributed by atoms with Crippen LogP contribution in [0, 0.1) is 0 Å². The molecule has 0 fully saturated rings. The van der Waals surface area contributed by atoms with Gasteiger partial charge in [-0.2, -0.15) is 0 Å².